The Labute approximate surface area is 162 Å². The van der Waals surface area contributed by atoms with Crippen LogP contribution in [0.15, 0.2) is 12.2 Å². The van der Waals surface area contributed by atoms with Gasteiger partial charge in [-0.05, 0) is 27.7 Å². The molecule has 0 saturated carbocycles. The smallest absolute Gasteiger partial charge is 0.547 e. The predicted molar refractivity (Wildman–Crippen MR) is 68.0 cm³/mol. The number of ether oxygens (including phenoxy) is 1. The molecular weight excluding hydrogens is 287 g/mol. The molecule has 0 spiro atoms. The summed E-state index contributed by atoms with van der Waals surface area (Å²) in [6.45, 7) is 13.2. The van der Waals surface area contributed by atoms with Crippen molar-refractivity contribution in [2.45, 2.75) is 45.3 Å². The summed E-state index contributed by atoms with van der Waals surface area (Å²) in [7, 11) is 0. The molecule has 1 amide bonds. The summed E-state index contributed by atoms with van der Waals surface area (Å²) in [4.78, 5) is 25.8. The summed E-state index contributed by atoms with van der Waals surface area (Å²) in [6.07, 6.45) is 2.37. The molecule has 0 aromatic heterocycles. The fraction of sp³-hybridized carbons (Fsp3) is 0.615. The molecule has 0 aliphatic rings. The monoisotopic (exact) mass is 306 g/mol. The van der Waals surface area contributed by atoms with Crippen LogP contribution in [0.3, 0.4) is 0 Å². The molecule has 0 heterocycles. The zero-order chi connectivity index (χ0) is 15.1. The van der Waals surface area contributed by atoms with Gasteiger partial charge < -0.3 is 24.8 Å². The molecule has 20 heavy (non-hydrogen) atoms. The molecule has 0 saturated heterocycles. The van der Waals surface area contributed by atoms with Gasteiger partial charge in [-0.1, -0.05) is 12.2 Å². The van der Waals surface area contributed by atoms with E-state index in [0.717, 1.165) is 0 Å². The molecule has 1 atom stereocenters. The van der Waals surface area contributed by atoms with Gasteiger partial charge in [-0.15, -0.1) is 0 Å². The van der Waals surface area contributed by atoms with Crippen molar-refractivity contribution >= 4 is 12.1 Å². The van der Waals surface area contributed by atoms with Gasteiger partial charge in [-0.25, -0.2) is 11.4 Å². The molecule has 0 radical (unpaired) electrons. The normalized spacial score (nSPS) is 13.8. The van der Waals surface area contributed by atoms with Crippen LogP contribution in [0.4, 0.5) is 4.79 Å². The van der Waals surface area contributed by atoms with Gasteiger partial charge >= 0.3 is 57.5 Å². The molecule has 0 aliphatic carbocycles. The first-order chi connectivity index (χ1) is 8.60. The molecule has 0 fully saturated rings. The van der Waals surface area contributed by atoms with Gasteiger partial charge in [-0.2, -0.15) is 0 Å². The zero-order valence-corrected chi connectivity index (χ0v) is 15.8. The molecule has 6 nitrogen and oxygen atoms in total. The summed E-state index contributed by atoms with van der Waals surface area (Å²) in [5, 5.41) is 13.3. The standard InChI is InChI=1S/C13H20N2O4.K/c1-12(2,3)19-11(18)15-13(4,10(16)17)8-6-7-9-14-5;/h6,8H,7,9H2,1-4H3,(H,15,18)(H,16,17);/q;+1/p-1/b8-6+;. The maximum absolute atomic E-state index is 11.6. The Hall–Kier alpha value is -0.394. The molecule has 0 rings (SSSR count). The van der Waals surface area contributed by atoms with Crippen molar-refractivity contribution in [1.82, 2.24) is 5.32 Å². The maximum atomic E-state index is 11.6. The number of nitrogens with zero attached hydrogens (tertiary/aromatic N) is 1. The van der Waals surface area contributed by atoms with Gasteiger partial charge in [0.2, 0.25) is 6.54 Å². The van der Waals surface area contributed by atoms with Gasteiger partial charge in [0.1, 0.15) is 5.60 Å². The largest absolute Gasteiger partial charge is 1.00 e. The summed E-state index contributed by atoms with van der Waals surface area (Å²) < 4.78 is 4.99. The molecule has 0 aliphatic heterocycles. The minimum Gasteiger partial charge on any atom is -0.547 e. The van der Waals surface area contributed by atoms with E-state index >= 15 is 0 Å². The van der Waals surface area contributed by atoms with Crippen LogP contribution in [0.5, 0.6) is 0 Å². The first-order valence-electron chi connectivity index (χ1n) is 5.84. The van der Waals surface area contributed by atoms with Crippen LogP contribution in [0, 0.1) is 6.57 Å². The van der Waals surface area contributed by atoms with Crippen LogP contribution in [0.1, 0.15) is 34.1 Å². The second-order valence-electron chi connectivity index (χ2n) is 5.19. The molecule has 1 N–H and O–H groups in total. The predicted octanol–water partition coefficient (Wildman–Crippen LogP) is -2.11. The number of aliphatic carboxylic acids is 1. The number of carbonyl (C=O) groups is 2. The second kappa shape index (κ2) is 9.53. The molecule has 0 aromatic carbocycles. The van der Waals surface area contributed by atoms with Crippen molar-refractivity contribution in [3.8, 4) is 0 Å². The van der Waals surface area contributed by atoms with E-state index in [0.29, 0.717) is 6.42 Å². The van der Waals surface area contributed by atoms with Crippen molar-refractivity contribution in [3.05, 3.63) is 23.6 Å². The molecule has 0 bridgehead atoms. The van der Waals surface area contributed by atoms with Gasteiger partial charge in [0.15, 0.2) is 0 Å². The van der Waals surface area contributed by atoms with E-state index in [4.69, 9.17) is 11.3 Å². The third-order valence-corrected chi connectivity index (χ3v) is 2.04. The Kier molecular flexibility index (Phi) is 10.4. The minimum atomic E-state index is -1.66. The SMILES string of the molecule is [C-]#[N+]CC/C=C/C(C)(NC(=O)OC(C)(C)C)C(=O)[O-].[K+]. The first kappa shape index (κ1) is 21.9. The van der Waals surface area contributed by atoms with E-state index < -0.39 is 23.2 Å². The van der Waals surface area contributed by atoms with Crippen LogP contribution in [-0.2, 0) is 9.53 Å². The van der Waals surface area contributed by atoms with E-state index in [1.54, 1.807) is 20.8 Å². The van der Waals surface area contributed by atoms with Gasteiger partial charge in [0, 0.05) is 6.42 Å². The maximum Gasteiger partial charge on any atom is 1.00 e. The Morgan fingerprint density at radius 3 is 2.30 bits per heavy atom. The molecule has 106 valence electrons. The summed E-state index contributed by atoms with van der Waals surface area (Å²) >= 11 is 0. The average Bonchev–Trinajstić information content (AvgIpc) is 2.21. The average molecular weight is 306 g/mol. The number of carboxylic acids is 1. The van der Waals surface area contributed by atoms with Crippen LogP contribution >= 0.6 is 0 Å². The Bertz CT molecular complexity index is 410. The molecule has 7 heteroatoms. The van der Waals surface area contributed by atoms with Crippen molar-refractivity contribution in [3.63, 3.8) is 0 Å². The van der Waals surface area contributed by atoms with Crippen LogP contribution in [0.25, 0.3) is 4.85 Å². The first-order valence-corrected chi connectivity index (χ1v) is 5.84. The Morgan fingerprint density at radius 1 is 1.35 bits per heavy atom. The number of carbonyl (C=O) groups excluding carboxylic acids is 2. The van der Waals surface area contributed by atoms with Gasteiger partial charge in [0.05, 0.1) is 11.5 Å². The molecular formula is C13H19KN2O4. The number of amides is 1. The Balaban J connectivity index is 0. The van der Waals surface area contributed by atoms with E-state index in [1.807, 2.05) is 0 Å². The van der Waals surface area contributed by atoms with Crippen molar-refractivity contribution in [2.24, 2.45) is 0 Å². The summed E-state index contributed by atoms with van der Waals surface area (Å²) in [5.41, 5.74) is -2.38. The number of carboxylic acid groups (broad SMARTS) is 1. The zero-order valence-electron chi connectivity index (χ0n) is 12.6. The number of rotatable bonds is 5. The van der Waals surface area contributed by atoms with E-state index in [-0.39, 0.29) is 57.9 Å². The van der Waals surface area contributed by atoms with Crippen LogP contribution < -0.4 is 61.8 Å². The third kappa shape index (κ3) is 9.50. The van der Waals surface area contributed by atoms with Crippen molar-refractivity contribution in [2.75, 3.05) is 6.54 Å². The van der Waals surface area contributed by atoms with Crippen LogP contribution in [0.2, 0.25) is 0 Å². The number of hydrogen-bond donors (Lipinski definition) is 1. The number of alkyl carbamates (subject to hydrolysis) is 1. The summed E-state index contributed by atoms with van der Waals surface area (Å²) in [6, 6.07) is 0. The van der Waals surface area contributed by atoms with Crippen molar-refractivity contribution in [1.29, 1.82) is 0 Å². The van der Waals surface area contributed by atoms with Gasteiger partial charge in [0.25, 0.3) is 0 Å². The van der Waals surface area contributed by atoms with E-state index in [2.05, 4.69) is 10.2 Å². The number of nitrogens with one attached hydrogen (secondary N) is 1. The molecule has 0 aromatic rings. The summed E-state index contributed by atoms with van der Waals surface area (Å²) in [5.74, 6) is -1.45. The minimum absolute atomic E-state index is 0. The second-order valence-corrected chi connectivity index (χ2v) is 5.19. The fourth-order valence-corrected chi connectivity index (χ4v) is 1.13. The third-order valence-electron chi connectivity index (χ3n) is 2.04. The Morgan fingerprint density at radius 2 is 1.90 bits per heavy atom. The van der Waals surface area contributed by atoms with Gasteiger partial charge in [-0.3, -0.25) is 0 Å². The topological polar surface area (TPSA) is 82.8 Å². The van der Waals surface area contributed by atoms with Crippen LogP contribution in [-0.4, -0.2) is 29.7 Å². The van der Waals surface area contributed by atoms with E-state index in [9.17, 15) is 14.7 Å². The fourth-order valence-electron chi connectivity index (χ4n) is 1.13. The van der Waals surface area contributed by atoms with Crippen molar-refractivity contribution < 1.29 is 70.8 Å². The molecule has 1 unspecified atom stereocenters. The van der Waals surface area contributed by atoms with E-state index in [1.165, 1.54) is 19.1 Å². The quantitative estimate of drug-likeness (QED) is 0.273. The number of hydrogen-bond acceptors (Lipinski definition) is 4.